The van der Waals surface area contributed by atoms with Crippen LogP contribution in [0.25, 0.3) is 11.4 Å². The highest BCUT2D eigenvalue weighted by Gasteiger charge is 2.15. The second-order valence-electron chi connectivity index (χ2n) is 3.63. The summed E-state index contributed by atoms with van der Waals surface area (Å²) in [5, 5.41) is 3.64. The Balaban J connectivity index is 2.36. The maximum Gasteiger partial charge on any atom is 0.243 e. The molecule has 0 fully saturated rings. The van der Waals surface area contributed by atoms with E-state index in [1.54, 1.807) is 0 Å². The van der Waals surface area contributed by atoms with Crippen molar-refractivity contribution in [2.45, 2.75) is 19.4 Å². The third kappa shape index (κ3) is 2.47. The van der Waals surface area contributed by atoms with Gasteiger partial charge in [0.2, 0.25) is 11.7 Å². The average molecular weight is 239 g/mol. The minimum absolute atomic E-state index is 0.127. The first-order chi connectivity index (χ1) is 8.10. The number of hydrogen-bond acceptors (Lipinski definition) is 4. The summed E-state index contributed by atoms with van der Waals surface area (Å²) in [6.07, 6.45) is 0.638. The van der Waals surface area contributed by atoms with E-state index >= 15 is 0 Å². The van der Waals surface area contributed by atoms with Gasteiger partial charge in [0.25, 0.3) is 0 Å². The molecule has 1 aromatic carbocycles. The van der Waals surface area contributed by atoms with Gasteiger partial charge in [0.15, 0.2) is 0 Å². The second-order valence-corrected chi connectivity index (χ2v) is 3.63. The van der Waals surface area contributed by atoms with Crippen molar-refractivity contribution in [2.75, 3.05) is 0 Å². The van der Waals surface area contributed by atoms with E-state index in [0.717, 1.165) is 18.2 Å². The molecule has 2 N–H and O–H groups in total. The highest BCUT2D eigenvalue weighted by atomic mass is 19.1. The van der Waals surface area contributed by atoms with Gasteiger partial charge in [0.1, 0.15) is 11.6 Å². The highest BCUT2D eigenvalue weighted by Crippen LogP contribution is 2.20. The Kier molecular flexibility index (Phi) is 3.14. The van der Waals surface area contributed by atoms with Crippen LogP contribution in [-0.4, -0.2) is 10.1 Å². The molecule has 0 aliphatic carbocycles. The Hall–Kier alpha value is -1.82. The van der Waals surface area contributed by atoms with Gasteiger partial charge in [-0.25, -0.2) is 8.78 Å². The van der Waals surface area contributed by atoms with Crippen molar-refractivity contribution in [3.63, 3.8) is 0 Å². The lowest BCUT2D eigenvalue weighted by atomic mass is 10.2. The van der Waals surface area contributed by atoms with Crippen LogP contribution in [0.5, 0.6) is 0 Å². The van der Waals surface area contributed by atoms with Crippen LogP contribution < -0.4 is 5.73 Å². The van der Waals surface area contributed by atoms with Gasteiger partial charge in [-0.3, -0.25) is 0 Å². The average Bonchev–Trinajstić information content (AvgIpc) is 2.76. The molecular weight excluding hydrogens is 228 g/mol. The van der Waals surface area contributed by atoms with Crippen LogP contribution in [0.15, 0.2) is 22.7 Å². The molecule has 0 saturated carbocycles. The summed E-state index contributed by atoms with van der Waals surface area (Å²) in [5.41, 5.74) is 5.92. The van der Waals surface area contributed by atoms with E-state index in [2.05, 4.69) is 10.1 Å². The smallest absolute Gasteiger partial charge is 0.243 e. The van der Waals surface area contributed by atoms with Crippen molar-refractivity contribution < 1.29 is 13.3 Å². The lowest BCUT2D eigenvalue weighted by Gasteiger charge is -1.99. The van der Waals surface area contributed by atoms with Crippen molar-refractivity contribution in [3.8, 4) is 11.4 Å². The first kappa shape index (κ1) is 11.7. The van der Waals surface area contributed by atoms with Crippen molar-refractivity contribution in [3.05, 3.63) is 35.7 Å². The molecule has 1 unspecified atom stereocenters. The van der Waals surface area contributed by atoms with E-state index in [4.69, 9.17) is 10.3 Å². The quantitative estimate of drug-likeness (QED) is 0.893. The van der Waals surface area contributed by atoms with Gasteiger partial charge in [-0.2, -0.15) is 4.98 Å². The molecule has 1 atom stereocenters. The van der Waals surface area contributed by atoms with E-state index in [1.807, 2.05) is 6.92 Å². The molecule has 0 aliphatic rings. The van der Waals surface area contributed by atoms with Gasteiger partial charge in [-0.15, -0.1) is 0 Å². The van der Waals surface area contributed by atoms with E-state index in [9.17, 15) is 8.78 Å². The van der Waals surface area contributed by atoms with Crippen molar-refractivity contribution in [2.24, 2.45) is 5.73 Å². The van der Waals surface area contributed by atoms with Crippen LogP contribution in [0.4, 0.5) is 8.78 Å². The van der Waals surface area contributed by atoms with Crippen molar-refractivity contribution >= 4 is 0 Å². The monoisotopic (exact) mass is 239 g/mol. The molecule has 0 spiro atoms. The van der Waals surface area contributed by atoms with Gasteiger partial charge < -0.3 is 10.3 Å². The Morgan fingerprint density at radius 2 is 1.94 bits per heavy atom. The predicted molar refractivity (Wildman–Crippen MR) is 56.9 cm³/mol. The summed E-state index contributed by atoms with van der Waals surface area (Å²) in [6.45, 7) is 1.87. The number of rotatable bonds is 3. The molecule has 90 valence electrons. The van der Waals surface area contributed by atoms with Gasteiger partial charge >= 0.3 is 0 Å². The Morgan fingerprint density at radius 1 is 1.29 bits per heavy atom. The zero-order valence-corrected chi connectivity index (χ0v) is 9.15. The molecule has 0 bridgehead atoms. The molecule has 6 heteroatoms. The maximum atomic E-state index is 13.0. The van der Waals surface area contributed by atoms with Crippen molar-refractivity contribution in [1.29, 1.82) is 0 Å². The van der Waals surface area contributed by atoms with Crippen molar-refractivity contribution in [1.82, 2.24) is 10.1 Å². The van der Waals surface area contributed by atoms with Crippen LogP contribution in [0.2, 0.25) is 0 Å². The lowest BCUT2D eigenvalue weighted by Crippen LogP contribution is -2.08. The zero-order chi connectivity index (χ0) is 12.4. The van der Waals surface area contributed by atoms with E-state index in [0.29, 0.717) is 6.42 Å². The summed E-state index contributed by atoms with van der Waals surface area (Å²) in [5.74, 6) is -0.994. The lowest BCUT2D eigenvalue weighted by molar-refractivity contribution is 0.352. The van der Waals surface area contributed by atoms with Crippen LogP contribution in [0, 0.1) is 11.6 Å². The molecule has 1 aromatic heterocycles. The Bertz CT molecular complexity index is 507. The van der Waals surface area contributed by atoms with Crippen LogP contribution >= 0.6 is 0 Å². The molecule has 1 heterocycles. The fraction of sp³-hybridized carbons (Fsp3) is 0.273. The largest absolute Gasteiger partial charge is 0.337 e. The van der Waals surface area contributed by atoms with E-state index in [-0.39, 0.29) is 23.3 Å². The summed E-state index contributed by atoms with van der Waals surface area (Å²) < 4.78 is 30.9. The summed E-state index contributed by atoms with van der Waals surface area (Å²) >= 11 is 0. The summed E-state index contributed by atoms with van der Waals surface area (Å²) in [7, 11) is 0. The number of aromatic nitrogens is 2. The van der Waals surface area contributed by atoms with Crippen LogP contribution in [0.1, 0.15) is 25.3 Å². The maximum absolute atomic E-state index is 13.0. The third-order valence-corrected chi connectivity index (χ3v) is 2.32. The number of halogens is 2. The first-order valence-electron chi connectivity index (χ1n) is 5.15. The topological polar surface area (TPSA) is 64.9 Å². The van der Waals surface area contributed by atoms with E-state index in [1.165, 1.54) is 0 Å². The van der Waals surface area contributed by atoms with Gasteiger partial charge in [-0.05, 0) is 18.6 Å². The number of nitrogens with zero attached hydrogens (tertiary/aromatic N) is 2. The summed E-state index contributed by atoms with van der Waals surface area (Å²) in [4.78, 5) is 4.00. The highest BCUT2D eigenvalue weighted by molar-refractivity contribution is 5.54. The molecule has 4 nitrogen and oxygen atoms in total. The minimum Gasteiger partial charge on any atom is -0.337 e. The second kappa shape index (κ2) is 4.58. The van der Waals surface area contributed by atoms with E-state index < -0.39 is 11.6 Å². The standard InChI is InChI=1S/C11H11F2N3O/c1-2-9(14)11-15-10(16-17-11)6-3-7(12)5-8(13)4-6/h3-5,9H,2,14H2,1H3. The fourth-order valence-electron chi connectivity index (χ4n) is 1.36. The van der Waals surface area contributed by atoms with Gasteiger partial charge in [-0.1, -0.05) is 12.1 Å². The molecule has 2 aromatic rings. The third-order valence-electron chi connectivity index (χ3n) is 2.32. The first-order valence-corrected chi connectivity index (χ1v) is 5.15. The minimum atomic E-state index is -0.689. The number of hydrogen-bond donors (Lipinski definition) is 1. The number of benzene rings is 1. The normalized spacial score (nSPS) is 12.7. The molecule has 0 amide bonds. The molecule has 2 rings (SSSR count). The fourth-order valence-corrected chi connectivity index (χ4v) is 1.36. The molecule has 0 aliphatic heterocycles. The van der Waals surface area contributed by atoms with Crippen LogP contribution in [-0.2, 0) is 0 Å². The molecule has 17 heavy (non-hydrogen) atoms. The van der Waals surface area contributed by atoms with Crippen LogP contribution in [0.3, 0.4) is 0 Å². The SMILES string of the molecule is CCC(N)c1nc(-c2cc(F)cc(F)c2)no1. The molecule has 0 saturated heterocycles. The molecular formula is C11H11F2N3O. The van der Waals surface area contributed by atoms with Gasteiger partial charge in [0, 0.05) is 11.6 Å². The zero-order valence-electron chi connectivity index (χ0n) is 9.15. The van der Waals surface area contributed by atoms with Gasteiger partial charge in [0.05, 0.1) is 6.04 Å². The summed E-state index contributed by atoms with van der Waals surface area (Å²) in [6, 6.07) is 2.68. The predicted octanol–water partition coefficient (Wildman–Crippen LogP) is 2.42. The molecule has 0 radical (unpaired) electrons. The Morgan fingerprint density at radius 3 is 2.53 bits per heavy atom. The Labute approximate surface area is 96.4 Å². The number of nitrogens with two attached hydrogens (primary N) is 1.